The van der Waals surface area contributed by atoms with Gasteiger partial charge in [-0.3, -0.25) is 15.2 Å². The van der Waals surface area contributed by atoms with Gasteiger partial charge in [0.15, 0.2) is 23.1 Å². The number of nitrogens with one attached hydrogen (secondary N) is 4. The lowest BCUT2D eigenvalue weighted by atomic mass is 10.1. The van der Waals surface area contributed by atoms with E-state index in [1.165, 1.54) is 13.3 Å². The molecule has 1 aromatic carbocycles. The first kappa shape index (κ1) is 24.0. The Morgan fingerprint density at radius 1 is 1.23 bits per heavy atom. The fraction of sp³-hybridized carbons (Fsp3) is 0.348. The number of carbonyl (C=O) groups is 2. The summed E-state index contributed by atoms with van der Waals surface area (Å²) in [5, 5.41) is 16.0. The Balaban J connectivity index is 1.68. The number of methoxy groups -OCH3 is 1. The minimum Gasteiger partial charge on any atom is -0.453 e. The molecule has 0 aliphatic carbocycles. The van der Waals surface area contributed by atoms with Gasteiger partial charge in [-0.05, 0) is 44.4 Å². The Hall–Kier alpha value is -4.19. The van der Waals surface area contributed by atoms with Crippen LogP contribution in [-0.4, -0.2) is 63.3 Å². The number of carbonyl (C=O) groups excluding carboxylic acids is 2. The molecule has 2 aromatic heterocycles. The molecule has 3 aromatic rings. The Labute approximate surface area is 202 Å². The van der Waals surface area contributed by atoms with Crippen molar-refractivity contribution in [2.45, 2.75) is 32.7 Å². The largest absolute Gasteiger partial charge is 0.453 e. The lowest BCUT2D eigenvalue weighted by molar-refractivity contribution is 0.0736. The molecule has 12 heteroatoms. The van der Waals surface area contributed by atoms with E-state index in [1.54, 1.807) is 11.0 Å². The SMILES string of the molecule is COC(=O)Nc1cc(Nc2nc(Nc3cc(C)[nH]n3)cnc2C(=O)N2CCC[C@@H]2CN)ccc1C. The van der Waals surface area contributed by atoms with Gasteiger partial charge < -0.3 is 26.0 Å². The van der Waals surface area contributed by atoms with E-state index in [1.807, 2.05) is 32.0 Å². The highest BCUT2D eigenvalue weighted by molar-refractivity contribution is 5.98. The number of hydrogen-bond acceptors (Lipinski definition) is 9. The third-order valence-corrected chi connectivity index (χ3v) is 5.77. The molecule has 1 saturated heterocycles. The number of benzene rings is 1. The van der Waals surface area contributed by atoms with Crippen molar-refractivity contribution in [3.8, 4) is 0 Å². The van der Waals surface area contributed by atoms with Crippen molar-refractivity contribution >= 4 is 40.8 Å². The normalized spacial score (nSPS) is 15.1. The van der Waals surface area contributed by atoms with Crippen molar-refractivity contribution in [2.75, 3.05) is 36.1 Å². The van der Waals surface area contributed by atoms with Gasteiger partial charge in [-0.2, -0.15) is 5.10 Å². The highest BCUT2D eigenvalue weighted by Crippen LogP contribution is 2.27. The van der Waals surface area contributed by atoms with Crippen molar-refractivity contribution in [3.63, 3.8) is 0 Å². The second-order valence-electron chi connectivity index (χ2n) is 8.32. The fourth-order valence-electron chi connectivity index (χ4n) is 3.92. The number of aromatic amines is 1. The Bertz CT molecular complexity index is 1230. The van der Waals surface area contributed by atoms with E-state index in [2.05, 4.69) is 36.1 Å². The topological polar surface area (TPSA) is 163 Å². The van der Waals surface area contributed by atoms with E-state index < -0.39 is 6.09 Å². The van der Waals surface area contributed by atoms with Gasteiger partial charge in [-0.1, -0.05) is 6.07 Å². The molecule has 3 heterocycles. The molecule has 35 heavy (non-hydrogen) atoms. The molecule has 0 spiro atoms. The quantitative estimate of drug-likeness (QED) is 0.343. The minimum absolute atomic E-state index is 0.0304. The van der Waals surface area contributed by atoms with Crippen LogP contribution in [0, 0.1) is 13.8 Å². The summed E-state index contributed by atoms with van der Waals surface area (Å²) in [5.41, 5.74) is 8.96. The van der Waals surface area contributed by atoms with Crippen LogP contribution in [-0.2, 0) is 4.74 Å². The maximum Gasteiger partial charge on any atom is 0.411 e. The third kappa shape index (κ3) is 5.49. The van der Waals surface area contributed by atoms with Crippen LogP contribution in [0.25, 0.3) is 0 Å². The number of hydrogen-bond donors (Lipinski definition) is 5. The minimum atomic E-state index is -0.580. The first-order chi connectivity index (χ1) is 16.9. The smallest absolute Gasteiger partial charge is 0.411 e. The number of aryl methyl sites for hydroxylation is 2. The molecule has 1 aliphatic rings. The highest BCUT2D eigenvalue weighted by atomic mass is 16.5. The lowest BCUT2D eigenvalue weighted by Gasteiger charge is -2.24. The zero-order valence-electron chi connectivity index (χ0n) is 19.9. The molecule has 1 atom stereocenters. The summed E-state index contributed by atoms with van der Waals surface area (Å²) in [4.78, 5) is 36.0. The molecule has 12 nitrogen and oxygen atoms in total. The number of nitrogens with zero attached hydrogens (tertiary/aromatic N) is 4. The number of aromatic nitrogens is 4. The summed E-state index contributed by atoms with van der Waals surface area (Å²) >= 11 is 0. The summed E-state index contributed by atoms with van der Waals surface area (Å²) in [6.45, 7) is 4.76. The van der Waals surface area contributed by atoms with Gasteiger partial charge in [0.05, 0.1) is 13.3 Å². The van der Waals surface area contributed by atoms with Crippen LogP contribution in [0.2, 0.25) is 0 Å². The van der Waals surface area contributed by atoms with Gasteiger partial charge in [0, 0.05) is 42.3 Å². The second kappa shape index (κ2) is 10.4. The molecule has 0 saturated carbocycles. The van der Waals surface area contributed by atoms with Crippen molar-refractivity contribution in [2.24, 2.45) is 5.73 Å². The van der Waals surface area contributed by atoms with Crippen LogP contribution >= 0.6 is 0 Å². The predicted molar refractivity (Wildman–Crippen MR) is 132 cm³/mol. The molecular weight excluding hydrogens is 450 g/mol. The van der Waals surface area contributed by atoms with E-state index in [9.17, 15) is 9.59 Å². The number of H-pyrrole nitrogens is 1. The third-order valence-electron chi connectivity index (χ3n) is 5.77. The molecule has 0 radical (unpaired) electrons. The standard InChI is InChI=1S/C23H29N9O3/c1-13-6-7-15(10-17(13)27-23(34)35-3)26-21-20(22(33)32-8-4-5-16(32)11-24)25-12-19(29-21)28-18-9-14(2)30-31-18/h6-7,9-10,12,16H,4-5,8,11,24H2,1-3H3,(H,27,34)(H3,26,28,29,30,31)/t16-/m1/s1. The average Bonchev–Trinajstić information content (AvgIpc) is 3.49. The summed E-state index contributed by atoms with van der Waals surface area (Å²) in [6, 6.07) is 7.19. The zero-order chi connectivity index (χ0) is 24.9. The molecule has 4 rings (SSSR count). The van der Waals surface area contributed by atoms with Gasteiger partial charge >= 0.3 is 6.09 Å². The first-order valence-corrected chi connectivity index (χ1v) is 11.3. The predicted octanol–water partition coefficient (Wildman–Crippen LogP) is 3.05. The monoisotopic (exact) mass is 479 g/mol. The van der Waals surface area contributed by atoms with Crippen LogP contribution in [0.15, 0.2) is 30.5 Å². The number of amides is 2. The molecule has 1 aliphatic heterocycles. The fourth-order valence-corrected chi connectivity index (χ4v) is 3.92. The Kier molecular flexibility index (Phi) is 7.11. The second-order valence-corrected chi connectivity index (χ2v) is 8.32. The van der Waals surface area contributed by atoms with E-state index >= 15 is 0 Å². The first-order valence-electron chi connectivity index (χ1n) is 11.3. The number of nitrogens with two attached hydrogens (primary N) is 1. The number of anilines is 5. The summed E-state index contributed by atoms with van der Waals surface area (Å²) in [5.74, 6) is 1.01. The molecule has 184 valence electrons. The summed E-state index contributed by atoms with van der Waals surface area (Å²) in [6.07, 6.45) is 2.66. The zero-order valence-corrected chi connectivity index (χ0v) is 19.9. The number of rotatable bonds is 7. The molecule has 6 N–H and O–H groups in total. The summed E-state index contributed by atoms with van der Waals surface area (Å²) in [7, 11) is 1.30. The van der Waals surface area contributed by atoms with E-state index in [0.29, 0.717) is 36.1 Å². The van der Waals surface area contributed by atoms with Crippen molar-refractivity contribution in [1.82, 2.24) is 25.1 Å². The van der Waals surface area contributed by atoms with Gasteiger partial charge in [0.1, 0.15) is 0 Å². The average molecular weight is 480 g/mol. The number of likely N-dealkylation sites (tertiary alicyclic amines) is 1. The van der Waals surface area contributed by atoms with Crippen LogP contribution in [0.5, 0.6) is 0 Å². The lowest BCUT2D eigenvalue weighted by Crippen LogP contribution is -2.40. The number of ether oxygens (including phenoxy) is 1. The Morgan fingerprint density at radius 2 is 2.06 bits per heavy atom. The molecule has 0 bridgehead atoms. The van der Waals surface area contributed by atoms with Crippen LogP contribution in [0.4, 0.5) is 33.6 Å². The van der Waals surface area contributed by atoms with E-state index in [0.717, 1.165) is 24.1 Å². The van der Waals surface area contributed by atoms with Gasteiger partial charge in [0.2, 0.25) is 0 Å². The van der Waals surface area contributed by atoms with E-state index in [4.69, 9.17) is 10.5 Å². The van der Waals surface area contributed by atoms with Gasteiger partial charge in [0.25, 0.3) is 5.91 Å². The molecule has 1 fully saturated rings. The maximum absolute atomic E-state index is 13.4. The highest BCUT2D eigenvalue weighted by Gasteiger charge is 2.31. The Morgan fingerprint density at radius 3 is 2.77 bits per heavy atom. The van der Waals surface area contributed by atoms with Crippen molar-refractivity contribution in [1.29, 1.82) is 0 Å². The molecule has 2 amide bonds. The van der Waals surface area contributed by atoms with Crippen LogP contribution < -0.4 is 21.7 Å². The molecular formula is C23H29N9O3. The van der Waals surface area contributed by atoms with Gasteiger partial charge in [-0.15, -0.1) is 0 Å². The van der Waals surface area contributed by atoms with E-state index in [-0.39, 0.29) is 23.5 Å². The summed E-state index contributed by atoms with van der Waals surface area (Å²) < 4.78 is 4.70. The maximum atomic E-state index is 13.4. The van der Waals surface area contributed by atoms with Crippen molar-refractivity contribution < 1.29 is 14.3 Å². The van der Waals surface area contributed by atoms with Crippen LogP contribution in [0.1, 0.15) is 34.6 Å². The van der Waals surface area contributed by atoms with Crippen LogP contribution in [0.3, 0.4) is 0 Å². The molecule has 0 unspecified atom stereocenters. The van der Waals surface area contributed by atoms with Crippen molar-refractivity contribution in [3.05, 3.63) is 47.4 Å². The van der Waals surface area contributed by atoms with Gasteiger partial charge in [-0.25, -0.2) is 14.8 Å².